The van der Waals surface area contributed by atoms with Crippen molar-refractivity contribution in [2.75, 3.05) is 26.7 Å². The second-order valence-corrected chi connectivity index (χ2v) is 8.56. The molecular formula is C25H32N6. The Bertz CT molecular complexity index is 996. The zero-order valence-electron chi connectivity index (χ0n) is 18.8. The zero-order valence-corrected chi connectivity index (χ0v) is 18.8. The van der Waals surface area contributed by atoms with Crippen LogP contribution in [0.15, 0.2) is 52.8 Å². The number of likely N-dealkylation sites (N-methyl/N-ethyl adjacent to an activating group) is 1. The van der Waals surface area contributed by atoms with Crippen LogP contribution in [-0.2, 0) is 0 Å². The van der Waals surface area contributed by atoms with Crippen LogP contribution in [0.5, 0.6) is 0 Å². The minimum absolute atomic E-state index is 0.000178. The molecule has 162 valence electrons. The van der Waals surface area contributed by atoms with Crippen molar-refractivity contribution in [3.05, 3.63) is 64.5 Å². The van der Waals surface area contributed by atoms with Crippen LogP contribution < -0.4 is 16.0 Å². The molecule has 1 aromatic rings. The predicted molar refractivity (Wildman–Crippen MR) is 128 cm³/mol. The molecule has 3 atom stereocenters. The molecule has 1 saturated heterocycles. The number of aliphatic imine (C=N–C) groups is 1. The summed E-state index contributed by atoms with van der Waals surface area (Å²) in [7, 11) is 2.19. The highest BCUT2D eigenvalue weighted by molar-refractivity contribution is 5.85. The van der Waals surface area contributed by atoms with E-state index in [-0.39, 0.29) is 12.5 Å². The monoisotopic (exact) mass is 416 g/mol. The minimum Gasteiger partial charge on any atom is -0.368 e. The van der Waals surface area contributed by atoms with Crippen LogP contribution in [0, 0.1) is 19.3 Å². The topological polar surface area (TPSA) is 54.9 Å². The van der Waals surface area contributed by atoms with Crippen LogP contribution in [0.25, 0.3) is 5.70 Å². The second kappa shape index (κ2) is 9.01. The molecular weight excluding hydrogens is 384 g/mol. The molecule has 1 aromatic carbocycles. The van der Waals surface area contributed by atoms with Gasteiger partial charge in [0.2, 0.25) is 0 Å². The maximum atomic E-state index is 5.64. The Labute approximate surface area is 185 Å². The Morgan fingerprint density at radius 1 is 1.23 bits per heavy atom. The highest BCUT2D eigenvalue weighted by Crippen LogP contribution is 2.22. The summed E-state index contributed by atoms with van der Waals surface area (Å²) in [4.78, 5) is 9.43. The van der Waals surface area contributed by atoms with Crippen molar-refractivity contribution >= 4 is 11.9 Å². The first-order chi connectivity index (χ1) is 14.9. The summed E-state index contributed by atoms with van der Waals surface area (Å²) in [6, 6.07) is 6.68. The Kier molecular flexibility index (Phi) is 6.17. The van der Waals surface area contributed by atoms with Crippen molar-refractivity contribution < 1.29 is 0 Å². The van der Waals surface area contributed by atoms with E-state index in [4.69, 9.17) is 6.42 Å². The normalized spacial score (nSPS) is 26.2. The van der Waals surface area contributed by atoms with Gasteiger partial charge in [-0.05, 0) is 63.2 Å². The fourth-order valence-corrected chi connectivity index (χ4v) is 4.39. The lowest BCUT2D eigenvalue weighted by Crippen LogP contribution is -2.54. The third-order valence-electron chi connectivity index (χ3n) is 6.15. The van der Waals surface area contributed by atoms with Gasteiger partial charge in [-0.2, -0.15) is 0 Å². The summed E-state index contributed by atoms with van der Waals surface area (Å²) in [5, 5.41) is 10.6. The summed E-state index contributed by atoms with van der Waals surface area (Å²) < 4.78 is 0. The van der Waals surface area contributed by atoms with Gasteiger partial charge in [0.15, 0.2) is 6.29 Å². The maximum Gasteiger partial charge on any atom is 0.175 e. The van der Waals surface area contributed by atoms with Crippen LogP contribution in [0.1, 0.15) is 30.5 Å². The van der Waals surface area contributed by atoms with Crippen molar-refractivity contribution in [2.45, 2.75) is 39.3 Å². The number of rotatable bonds is 4. The summed E-state index contributed by atoms with van der Waals surface area (Å²) in [5.74, 6) is 2.76. The molecule has 0 saturated carbocycles. The van der Waals surface area contributed by atoms with Crippen LogP contribution in [-0.4, -0.2) is 61.2 Å². The molecule has 0 aromatic heterocycles. The van der Waals surface area contributed by atoms with E-state index >= 15 is 0 Å². The Morgan fingerprint density at radius 3 is 2.81 bits per heavy atom. The highest BCUT2D eigenvalue weighted by atomic mass is 15.3. The van der Waals surface area contributed by atoms with E-state index in [1.165, 1.54) is 11.4 Å². The number of nitrogens with one attached hydrogen (secondary N) is 3. The predicted octanol–water partition coefficient (Wildman–Crippen LogP) is 2.22. The first-order valence-corrected chi connectivity index (χ1v) is 10.9. The first kappa shape index (κ1) is 21.2. The van der Waals surface area contributed by atoms with Gasteiger partial charge in [-0.3, -0.25) is 10.3 Å². The fraction of sp³-hybridized carbons (Fsp3) is 0.400. The Hall–Kier alpha value is -3.01. The fourth-order valence-electron chi connectivity index (χ4n) is 4.39. The van der Waals surface area contributed by atoms with Crippen molar-refractivity contribution in [1.29, 1.82) is 0 Å². The second-order valence-electron chi connectivity index (χ2n) is 8.56. The largest absolute Gasteiger partial charge is 0.368 e. The molecule has 6 nitrogen and oxygen atoms in total. The molecule has 3 aliphatic heterocycles. The number of benzene rings is 1. The lowest BCUT2D eigenvalue weighted by molar-refractivity contribution is 0.133. The van der Waals surface area contributed by atoms with Gasteiger partial charge in [0.25, 0.3) is 0 Å². The van der Waals surface area contributed by atoms with Gasteiger partial charge < -0.3 is 20.4 Å². The average molecular weight is 417 g/mol. The molecule has 3 N–H and O–H groups in total. The van der Waals surface area contributed by atoms with Crippen molar-refractivity contribution in [2.24, 2.45) is 4.99 Å². The van der Waals surface area contributed by atoms with Crippen LogP contribution in [0.4, 0.5) is 0 Å². The Morgan fingerprint density at radius 2 is 2.06 bits per heavy atom. The molecule has 2 unspecified atom stereocenters. The maximum absolute atomic E-state index is 5.64. The number of allylic oxidation sites excluding steroid dienone is 3. The van der Waals surface area contributed by atoms with Crippen molar-refractivity contribution in [1.82, 2.24) is 25.8 Å². The summed E-state index contributed by atoms with van der Waals surface area (Å²) in [5.41, 5.74) is 6.55. The first-order valence-electron chi connectivity index (χ1n) is 10.9. The van der Waals surface area contributed by atoms with Gasteiger partial charge in [-0.1, -0.05) is 18.1 Å². The van der Waals surface area contributed by atoms with Gasteiger partial charge in [0.1, 0.15) is 0 Å². The van der Waals surface area contributed by atoms with Gasteiger partial charge >= 0.3 is 0 Å². The lowest BCUT2D eigenvalue weighted by Gasteiger charge is -2.42. The zero-order chi connectivity index (χ0) is 22.0. The van der Waals surface area contributed by atoms with Crippen molar-refractivity contribution in [3.8, 4) is 12.3 Å². The summed E-state index contributed by atoms with van der Waals surface area (Å²) in [6.07, 6.45) is 13.6. The van der Waals surface area contributed by atoms with E-state index in [9.17, 15) is 0 Å². The number of hydrogen-bond donors (Lipinski definition) is 3. The molecule has 4 rings (SSSR count). The van der Waals surface area contributed by atoms with E-state index in [0.29, 0.717) is 6.04 Å². The lowest BCUT2D eigenvalue weighted by atomic mass is 10.0. The van der Waals surface area contributed by atoms with Crippen LogP contribution in [0.2, 0.25) is 0 Å². The number of piperazine rings is 1. The molecule has 31 heavy (non-hydrogen) atoms. The molecule has 0 spiro atoms. The summed E-state index contributed by atoms with van der Waals surface area (Å²) in [6.45, 7) is 9.69. The quantitative estimate of drug-likeness (QED) is 0.657. The van der Waals surface area contributed by atoms with Gasteiger partial charge in [0, 0.05) is 48.8 Å². The van der Waals surface area contributed by atoms with E-state index < -0.39 is 0 Å². The molecule has 0 radical (unpaired) electrons. The molecule has 3 aliphatic rings. The number of hydrogen-bond acceptors (Lipinski definition) is 6. The number of nitrogens with zero attached hydrogens (tertiary/aromatic N) is 3. The third kappa shape index (κ3) is 4.68. The minimum atomic E-state index is -0.227. The molecule has 1 fully saturated rings. The third-order valence-corrected chi connectivity index (χ3v) is 6.15. The smallest absolute Gasteiger partial charge is 0.175 e. The molecule has 0 bridgehead atoms. The van der Waals surface area contributed by atoms with Crippen LogP contribution in [0.3, 0.4) is 0 Å². The molecule has 6 heteroatoms. The number of dihydropyridines is 1. The number of terminal acetylenes is 1. The average Bonchev–Trinajstić information content (AvgIpc) is 2.75. The SMILES string of the molecule is C#Cc1cc(C2=CC=NC(NC3C=CC(N4CCN(C)C[C@H]4C)=C(C)N3)N2)ccc1C. The molecule has 3 heterocycles. The molecule has 0 aliphatic carbocycles. The van der Waals surface area contributed by atoms with E-state index in [2.05, 4.69) is 81.8 Å². The van der Waals surface area contributed by atoms with E-state index in [1.54, 1.807) is 0 Å². The van der Waals surface area contributed by atoms with Gasteiger partial charge in [0.05, 0.1) is 11.9 Å². The van der Waals surface area contributed by atoms with Crippen molar-refractivity contribution in [3.63, 3.8) is 0 Å². The van der Waals surface area contributed by atoms with E-state index in [1.807, 2.05) is 25.3 Å². The standard InChI is InChI=1S/C25H32N6/c1-6-20-15-21(8-7-17(20)2)22-11-12-26-25(28-22)29-24-10-9-23(19(4)27-24)31-14-13-30(5)16-18(31)3/h1,7-12,15,18,24-25,27-29H,13-14,16H2,2-5H3/t18-,24?,25?/m1/s1. The van der Waals surface area contributed by atoms with Crippen LogP contribution >= 0.6 is 0 Å². The van der Waals surface area contributed by atoms with E-state index in [0.717, 1.165) is 42.0 Å². The van der Waals surface area contributed by atoms with Gasteiger partial charge in [-0.25, -0.2) is 0 Å². The number of aryl methyl sites for hydroxylation is 1. The highest BCUT2D eigenvalue weighted by Gasteiger charge is 2.26. The van der Waals surface area contributed by atoms with Gasteiger partial charge in [-0.15, -0.1) is 6.42 Å². The summed E-state index contributed by atoms with van der Waals surface area (Å²) >= 11 is 0. The Balaban J connectivity index is 1.39. The molecule has 0 amide bonds.